The number of phenolic OH excluding ortho intramolecular Hbond substituents is 4. The molecule has 0 bridgehead atoms. The van der Waals surface area contributed by atoms with E-state index in [1.807, 2.05) is 128 Å². The Morgan fingerprint density at radius 2 is 0.421 bits per heavy atom. The molecule has 4 nitrogen and oxygen atoms in total. The summed E-state index contributed by atoms with van der Waals surface area (Å²) in [5.74, 6) is 1.66. The van der Waals surface area contributed by atoms with E-state index in [1.165, 1.54) is 0 Å². The maximum absolute atomic E-state index is 9.21. The van der Waals surface area contributed by atoms with E-state index < -0.39 is 0 Å². The van der Waals surface area contributed by atoms with Gasteiger partial charge < -0.3 is 27.9 Å². The van der Waals surface area contributed by atoms with Crippen LogP contribution in [0.5, 0.6) is 23.0 Å². The molecular weight excluding hydrogens is 553 g/mol. The summed E-state index contributed by atoms with van der Waals surface area (Å²) in [6.07, 6.45) is 0. The molecule has 0 aliphatic carbocycles. The van der Waals surface area contributed by atoms with Crippen molar-refractivity contribution >= 4 is 0 Å². The van der Waals surface area contributed by atoms with Crippen molar-refractivity contribution in [3.63, 3.8) is 0 Å². The molecule has 4 N–H and O–H groups in total. The number of para-hydroxylation sites is 4. The molecular formula is C33H43NbO4-. The van der Waals surface area contributed by atoms with Crippen molar-refractivity contribution in [1.29, 1.82) is 0 Å². The van der Waals surface area contributed by atoms with Crippen LogP contribution in [0.1, 0.15) is 44.5 Å². The molecule has 38 heavy (non-hydrogen) atoms. The minimum Gasteiger partial charge on any atom is -0.507 e. The Morgan fingerprint density at radius 3 is 0.500 bits per heavy atom. The van der Waals surface area contributed by atoms with Crippen molar-refractivity contribution in [2.45, 2.75) is 55.4 Å². The van der Waals surface area contributed by atoms with Crippen molar-refractivity contribution in [2.75, 3.05) is 0 Å². The fourth-order valence-corrected chi connectivity index (χ4v) is 3.22. The molecule has 0 atom stereocenters. The molecule has 0 fully saturated rings. The van der Waals surface area contributed by atoms with Crippen LogP contribution >= 0.6 is 0 Å². The number of aryl methyl sites for hydroxylation is 8. The SMILES string of the molecule is Cc1cccc(C)c1O.Cc1cccc(C)c1O.Cc1cccc(C)c1O.Cc1cccc(C)c1O.[CH3-].[Nb]. The van der Waals surface area contributed by atoms with Crippen LogP contribution in [0.3, 0.4) is 0 Å². The van der Waals surface area contributed by atoms with Crippen LogP contribution in [-0.4, -0.2) is 20.4 Å². The van der Waals surface area contributed by atoms with Crippen LogP contribution < -0.4 is 0 Å². The molecule has 0 saturated carbocycles. The van der Waals surface area contributed by atoms with Crippen molar-refractivity contribution in [1.82, 2.24) is 0 Å². The summed E-state index contributed by atoms with van der Waals surface area (Å²) in [5.41, 5.74) is 7.52. The molecule has 5 heteroatoms. The van der Waals surface area contributed by atoms with E-state index in [4.69, 9.17) is 0 Å². The minimum atomic E-state index is 0. The van der Waals surface area contributed by atoms with Gasteiger partial charge in [0.1, 0.15) is 23.0 Å². The zero-order valence-corrected chi connectivity index (χ0v) is 26.4. The summed E-state index contributed by atoms with van der Waals surface area (Å²) in [4.78, 5) is 0. The van der Waals surface area contributed by atoms with Gasteiger partial charge in [0.2, 0.25) is 0 Å². The quantitative estimate of drug-likeness (QED) is 0.121. The summed E-state index contributed by atoms with van der Waals surface area (Å²) in [6.45, 7) is 15.1. The molecule has 0 aliphatic heterocycles. The Bertz CT molecular complexity index is 987. The molecule has 0 unspecified atom stereocenters. The first-order valence-electron chi connectivity index (χ1n) is 11.9. The summed E-state index contributed by atoms with van der Waals surface area (Å²) < 4.78 is 0. The van der Waals surface area contributed by atoms with Crippen LogP contribution in [0.4, 0.5) is 0 Å². The first-order chi connectivity index (χ1) is 16.9. The van der Waals surface area contributed by atoms with E-state index in [2.05, 4.69) is 0 Å². The summed E-state index contributed by atoms with van der Waals surface area (Å²) in [5, 5.41) is 36.8. The van der Waals surface area contributed by atoms with Crippen LogP contribution in [0, 0.1) is 62.8 Å². The van der Waals surface area contributed by atoms with Gasteiger partial charge in [-0.25, -0.2) is 0 Å². The van der Waals surface area contributed by atoms with E-state index in [-0.39, 0.29) is 29.8 Å². The van der Waals surface area contributed by atoms with Gasteiger partial charge >= 0.3 is 0 Å². The fraction of sp³-hybridized carbons (Fsp3) is 0.242. The number of phenols is 4. The predicted octanol–water partition coefficient (Wildman–Crippen LogP) is 8.48. The molecule has 0 aliphatic rings. The third kappa shape index (κ3) is 11.9. The normalized spacial score (nSPS) is 9.05. The predicted molar refractivity (Wildman–Crippen MR) is 157 cm³/mol. The monoisotopic (exact) mass is 596 g/mol. The van der Waals surface area contributed by atoms with Crippen molar-refractivity contribution in [3.8, 4) is 23.0 Å². The average molecular weight is 597 g/mol. The van der Waals surface area contributed by atoms with E-state index in [0.717, 1.165) is 44.5 Å². The maximum atomic E-state index is 9.21. The first kappa shape index (κ1) is 37.0. The summed E-state index contributed by atoms with van der Waals surface area (Å²) in [6, 6.07) is 22.9. The minimum absolute atomic E-state index is 0. The standard InChI is InChI=1S/4C8H10O.CH3.Nb/c4*1-6-4-3-5-7(2)8(6)9;;/h4*3-5,9H,1-2H3;1H3;/q;;;;-1;. The smallest absolute Gasteiger partial charge is 0.121 e. The Balaban J connectivity index is 0. The van der Waals surface area contributed by atoms with Gasteiger partial charge in [0.05, 0.1) is 0 Å². The van der Waals surface area contributed by atoms with Crippen LogP contribution in [0.25, 0.3) is 0 Å². The summed E-state index contributed by atoms with van der Waals surface area (Å²) >= 11 is 0. The third-order valence-electron chi connectivity index (χ3n) is 5.76. The number of aromatic hydroxyl groups is 4. The van der Waals surface area contributed by atoms with Gasteiger partial charge in [-0.05, 0) is 99.9 Å². The summed E-state index contributed by atoms with van der Waals surface area (Å²) in [7, 11) is 0. The van der Waals surface area contributed by atoms with E-state index >= 15 is 0 Å². The zero-order valence-electron chi connectivity index (χ0n) is 24.2. The number of hydrogen-bond acceptors (Lipinski definition) is 4. The topological polar surface area (TPSA) is 80.9 Å². The van der Waals surface area contributed by atoms with Crippen LogP contribution in [0.15, 0.2) is 72.8 Å². The Labute approximate surface area is 245 Å². The Kier molecular flexibility index (Phi) is 17.6. The van der Waals surface area contributed by atoms with Crippen LogP contribution in [0.2, 0.25) is 0 Å². The molecule has 4 aromatic rings. The van der Waals surface area contributed by atoms with E-state index in [9.17, 15) is 20.4 Å². The van der Waals surface area contributed by atoms with E-state index in [1.54, 1.807) is 0 Å². The molecule has 4 aromatic carbocycles. The van der Waals surface area contributed by atoms with Crippen molar-refractivity contribution < 1.29 is 42.8 Å². The number of rotatable bonds is 0. The first-order valence-corrected chi connectivity index (χ1v) is 11.9. The number of benzene rings is 4. The van der Waals surface area contributed by atoms with Gasteiger partial charge in [0, 0.05) is 22.4 Å². The molecule has 0 spiro atoms. The van der Waals surface area contributed by atoms with E-state index in [0.29, 0.717) is 23.0 Å². The van der Waals surface area contributed by atoms with Gasteiger partial charge in [-0.2, -0.15) is 0 Å². The zero-order chi connectivity index (χ0) is 27.4. The van der Waals surface area contributed by atoms with Gasteiger partial charge in [-0.15, -0.1) is 0 Å². The fourth-order valence-electron chi connectivity index (χ4n) is 3.22. The second-order valence-electron chi connectivity index (χ2n) is 8.96. The second-order valence-corrected chi connectivity index (χ2v) is 8.96. The molecule has 205 valence electrons. The van der Waals surface area contributed by atoms with Crippen molar-refractivity contribution in [3.05, 3.63) is 125 Å². The van der Waals surface area contributed by atoms with Crippen molar-refractivity contribution in [2.24, 2.45) is 0 Å². The molecule has 0 saturated heterocycles. The molecule has 4 rings (SSSR count). The third-order valence-corrected chi connectivity index (χ3v) is 5.76. The second kappa shape index (κ2) is 18.1. The molecule has 1 radical (unpaired) electrons. The molecule has 0 amide bonds. The average Bonchev–Trinajstić information content (AvgIpc) is 2.84. The number of hydrogen-bond donors (Lipinski definition) is 4. The Morgan fingerprint density at radius 1 is 0.316 bits per heavy atom. The van der Waals surface area contributed by atoms with Gasteiger partial charge in [0.15, 0.2) is 0 Å². The van der Waals surface area contributed by atoms with Gasteiger partial charge in [-0.3, -0.25) is 0 Å². The largest absolute Gasteiger partial charge is 0.507 e. The van der Waals surface area contributed by atoms with Crippen LogP contribution in [-0.2, 0) is 22.4 Å². The Hall–Kier alpha value is -3.18. The molecule has 0 aromatic heterocycles. The molecule has 0 heterocycles. The van der Waals surface area contributed by atoms with Gasteiger partial charge in [-0.1, -0.05) is 72.8 Å². The maximum Gasteiger partial charge on any atom is 0.121 e. The van der Waals surface area contributed by atoms with Gasteiger partial charge in [0.25, 0.3) is 0 Å².